The van der Waals surface area contributed by atoms with Crippen molar-refractivity contribution in [2.24, 2.45) is 0 Å². The molecule has 0 saturated carbocycles. The molecule has 1 unspecified atom stereocenters. The molecule has 0 aromatic heterocycles. The van der Waals surface area contributed by atoms with E-state index in [4.69, 9.17) is 9.47 Å². The Morgan fingerprint density at radius 2 is 1.06 bits per heavy atom. The molecule has 0 aliphatic rings. The minimum atomic E-state index is -0.800. The summed E-state index contributed by atoms with van der Waals surface area (Å²) in [4.78, 5) is 24.3. The molecule has 2 N–H and O–H groups in total. The van der Waals surface area contributed by atoms with Crippen molar-refractivity contribution >= 4 is 11.9 Å². The molecular formula is C42H76O6. The van der Waals surface area contributed by atoms with Gasteiger partial charge < -0.3 is 19.7 Å². The highest BCUT2D eigenvalue weighted by Gasteiger charge is 2.16. The fourth-order valence-corrected chi connectivity index (χ4v) is 5.74. The van der Waals surface area contributed by atoms with Crippen LogP contribution in [0.1, 0.15) is 194 Å². The van der Waals surface area contributed by atoms with Gasteiger partial charge in [0.1, 0.15) is 6.61 Å². The second-order valence-corrected chi connectivity index (χ2v) is 13.5. The van der Waals surface area contributed by atoms with Crippen LogP contribution in [0.25, 0.3) is 0 Å². The van der Waals surface area contributed by atoms with Gasteiger partial charge in [-0.05, 0) is 32.1 Å². The summed E-state index contributed by atoms with van der Waals surface area (Å²) in [6.45, 7) is 3.93. The Bertz CT molecular complexity index is 789. The summed E-state index contributed by atoms with van der Waals surface area (Å²) in [5, 5.41) is 19.6. The highest BCUT2D eigenvalue weighted by molar-refractivity contribution is 5.70. The van der Waals surface area contributed by atoms with Gasteiger partial charge in [-0.1, -0.05) is 185 Å². The van der Waals surface area contributed by atoms with Crippen LogP contribution in [0.15, 0.2) is 36.5 Å². The first-order valence-electron chi connectivity index (χ1n) is 20.2. The molecule has 0 rings (SSSR count). The van der Waals surface area contributed by atoms with Crippen LogP contribution in [-0.2, 0) is 19.1 Å². The van der Waals surface area contributed by atoms with Crippen LogP contribution in [0.3, 0.4) is 0 Å². The number of aliphatic hydroxyl groups excluding tert-OH is 2. The topological polar surface area (TPSA) is 93.1 Å². The second kappa shape index (κ2) is 37.9. The summed E-state index contributed by atoms with van der Waals surface area (Å²) in [6.07, 6.45) is 42.3. The number of hydrogen-bond acceptors (Lipinski definition) is 6. The molecule has 0 spiro atoms. The third-order valence-corrected chi connectivity index (χ3v) is 8.80. The Balaban J connectivity index is 3.60. The van der Waals surface area contributed by atoms with Crippen molar-refractivity contribution in [3.8, 4) is 0 Å². The maximum absolute atomic E-state index is 12.2. The molecule has 6 heteroatoms. The van der Waals surface area contributed by atoms with E-state index in [1.807, 2.05) is 18.2 Å². The largest absolute Gasteiger partial charge is 0.462 e. The molecule has 0 aromatic carbocycles. The van der Waals surface area contributed by atoms with Crippen molar-refractivity contribution in [3.05, 3.63) is 36.5 Å². The van der Waals surface area contributed by atoms with Crippen LogP contribution in [0.2, 0.25) is 0 Å². The number of carbonyl (C=O) groups excluding carboxylic acids is 2. The summed E-state index contributed by atoms with van der Waals surface area (Å²) in [5.41, 5.74) is 0. The average Bonchev–Trinajstić information content (AvgIpc) is 3.08. The van der Waals surface area contributed by atoms with E-state index >= 15 is 0 Å². The molecule has 0 saturated heterocycles. The smallest absolute Gasteiger partial charge is 0.306 e. The van der Waals surface area contributed by atoms with Crippen LogP contribution >= 0.6 is 0 Å². The summed E-state index contributed by atoms with van der Waals surface area (Å²) >= 11 is 0. The van der Waals surface area contributed by atoms with Gasteiger partial charge in [0.15, 0.2) is 6.10 Å². The Hall–Kier alpha value is -1.92. The minimum Gasteiger partial charge on any atom is -0.462 e. The van der Waals surface area contributed by atoms with Crippen molar-refractivity contribution in [2.75, 3.05) is 13.2 Å². The van der Waals surface area contributed by atoms with Crippen molar-refractivity contribution in [1.82, 2.24) is 0 Å². The minimum absolute atomic E-state index is 0.101. The Kier molecular flexibility index (Phi) is 36.4. The molecule has 48 heavy (non-hydrogen) atoms. The van der Waals surface area contributed by atoms with Gasteiger partial charge in [-0.15, -0.1) is 0 Å². The predicted octanol–water partition coefficient (Wildman–Crippen LogP) is 11.4. The standard InChI is InChI=1S/C42H76O6/c1-3-5-7-9-11-12-13-14-15-16-17-18-19-20-21-23-27-32-36-42(46)48-40(37-43)38-47-41(45)35-31-28-24-26-30-34-39(44)33-29-25-22-10-8-6-4-2/h6,8,22,25,29,33,39-40,43-44H,3-5,7,9-21,23-24,26-28,30-32,34-38H2,1-2H3/b8-6+,25-22+,33-29+/t39?,40-/m0/s1. The van der Waals surface area contributed by atoms with Crippen LogP contribution in [0.4, 0.5) is 0 Å². The van der Waals surface area contributed by atoms with E-state index in [0.29, 0.717) is 12.8 Å². The second-order valence-electron chi connectivity index (χ2n) is 13.5. The number of esters is 2. The third kappa shape index (κ3) is 35.4. The molecule has 6 nitrogen and oxygen atoms in total. The Morgan fingerprint density at radius 1 is 0.583 bits per heavy atom. The molecule has 0 bridgehead atoms. The van der Waals surface area contributed by atoms with Crippen LogP contribution in [0.5, 0.6) is 0 Å². The zero-order valence-electron chi connectivity index (χ0n) is 31.4. The lowest BCUT2D eigenvalue weighted by Crippen LogP contribution is -2.28. The molecule has 0 aromatic rings. The first kappa shape index (κ1) is 46.1. The van der Waals surface area contributed by atoms with E-state index in [-0.39, 0.29) is 25.2 Å². The molecule has 0 amide bonds. The summed E-state index contributed by atoms with van der Waals surface area (Å²) in [6, 6.07) is 0. The highest BCUT2D eigenvalue weighted by atomic mass is 16.6. The molecular weight excluding hydrogens is 600 g/mol. The SMILES string of the molecule is CC/C=C/C/C=C/C=C/C(O)CCCCCCCC(=O)OC[C@H](CO)OC(=O)CCCCCCCCCCCCCCCCCCCC. The first-order chi connectivity index (χ1) is 23.5. The average molecular weight is 677 g/mol. The van der Waals surface area contributed by atoms with Gasteiger partial charge in [-0.2, -0.15) is 0 Å². The third-order valence-electron chi connectivity index (χ3n) is 8.80. The number of hydrogen-bond donors (Lipinski definition) is 2. The number of unbranched alkanes of at least 4 members (excludes halogenated alkanes) is 21. The molecule has 0 radical (unpaired) electrons. The van der Waals surface area contributed by atoms with Gasteiger partial charge in [0.2, 0.25) is 0 Å². The van der Waals surface area contributed by atoms with Crippen LogP contribution in [0, 0.1) is 0 Å². The maximum atomic E-state index is 12.2. The highest BCUT2D eigenvalue weighted by Crippen LogP contribution is 2.15. The van der Waals surface area contributed by atoms with Gasteiger partial charge in [0, 0.05) is 12.8 Å². The summed E-state index contributed by atoms with van der Waals surface area (Å²) < 4.78 is 10.6. The van der Waals surface area contributed by atoms with E-state index in [1.165, 1.54) is 96.3 Å². The van der Waals surface area contributed by atoms with Gasteiger partial charge in [-0.3, -0.25) is 9.59 Å². The van der Waals surface area contributed by atoms with Crippen molar-refractivity contribution in [2.45, 2.75) is 206 Å². The molecule has 0 heterocycles. The number of ether oxygens (including phenoxy) is 2. The van der Waals surface area contributed by atoms with E-state index < -0.39 is 12.2 Å². The van der Waals surface area contributed by atoms with Crippen LogP contribution in [-0.4, -0.2) is 47.6 Å². The fraction of sp³-hybridized carbons (Fsp3) is 0.810. The summed E-state index contributed by atoms with van der Waals surface area (Å²) in [7, 11) is 0. The van der Waals surface area contributed by atoms with Gasteiger partial charge in [0.05, 0.1) is 12.7 Å². The molecule has 2 atom stereocenters. The fourth-order valence-electron chi connectivity index (χ4n) is 5.74. The predicted molar refractivity (Wildman–Crippen MR) is 202 cm³/mol. The lowest BCUT2D eigenvalue weighted by molar-refractivity contribution is -0.161. The Labute approximate surface area is 296 Å². The van der Waals surface area contributed by atoms with E-state index in [9.17, 15) is 19.8 Å². The number of allylic oxidation sites excluding steroid dienone is 5. The van der Waals surface area contributed by atoms with Gasteiger partial charge in [-0.25, -0.2) is 0 Å². The molecule has 0 fully saturated rings. The van der Waals surface area contributed by atoms with Gasteiger partial charge in [0.25, 0.3) is 0 Å². The zero-order chi connectivity index (χ0) is 35.2. The Morgan fingerprint density at radius 3 is 1.56 bits per heavy atom. The quantitative estimate of drug-likeness (QED) is 0.0297. The van der Waals surface area contributed by atoms with Crippen molar-refractivity contribution in [1.29, 1.82) is 0 Å². The normalized spacial score (nSPS) is 13.2. The number of aliphatic hydroxyl groups is 2. The monoisotopic (exact) mass is 677 g/mol. The number of rotatable bonds is 36. The lowest BCUT2D eigenvalue weighted by Gasteiger charge is -2.15. The van der Waals surface area contributed by atoms with E-state index in [1.54, 1.807) is 0 Å². The number of carbonyl (C=O) groups is 2. The van der Waals surface area contributed by atoms with E-state index in [2.05, 4.69) is 32.1 Å². The van der Waals surface area contributed by atoms with Crippen molar-refractivity contribution in [3.63, 3.8) is 0 Å². The zero-order valence-corrected chi connectivity index (χ0v) is 31.4. The van der Waals surface area contributed by atoms with Crippen LogP contribution < -0.4 is 0 Å². The first-order valence-corrected chi connectivity index (χ1v) is 20.2. The summed E-state index contributed by atoms with van der Waals surface area (Å²) in [5.74, 6) is -0.662. The maximum Gasteiger partial charge on any atom is 0.306 e. The van der Waals surface area contributed by atoms with Gasteiger partial charge >= 0.3 is 11.9 Å². The lowest BCUT2D eigenvalue weighted by atomic mass is 10.0. The van der Waals surface area contributed by atoms with Crippen molar-refractivity contribution < 1.29 is 29.3 Å². The van der Waals surface area contributed by atoms with E-state index in [0.717, 1.165) is 70.6 Å². The molecule has 0 aliphatic heterocycles. The molecule has 0 aliphatic carbocycles. The molecule has 280 valence electrons.